The van der Waals surface area contributed by atoms with Crippen molar-refractivity contribution < 1.29 is 62.2 Å². The van der Waals surface area contributed by atoms with Crippen molar-refractivity contribution in [1.82, 2.24) is 84.0 Å². The second-order valence-electron chi connectivity index (χ2n) is 27.0. The number of nitrogens with one attached hydrogen (secondary N) is 13. The predicted molar refractivity (Wildman–Crippen MR) is 411 cm³/mol. The lowest BCUT2D eigenvalue weighted by molar-refractivity contribution is -0.142. The molecule has 2 aromatic heterocycles. The van der Waals surface area contributed by atoms with Crippen LogP contribution in [0.4, 0.5) is 4.39 Å². The molecule has 32 heteroatoms. The zero-order chi connectivity index (χ0) is 79.4. The van der Waals surface area contributed by atoms with Crippen molar-refractivity contribution in [1.29, 1.82) is 0 Å². The largest absolute Gasteiger partial charge is 0.394 e. The number of nitrogens with zero attached hydrogens (tertiary/aromatic N) is 5. The van der Waals surface area contributed by atoms with Crippen LogP contribution in [0.3, 0.4) is 0 Å². The fourth-order valence-corrected chi connectivity index (χ4v) is 12.3. The highest BCUT2D eigenvalue weighted by Crippen LogP contribution is 2.22. The van der Waals surface area contributed by atoms with Crippen LogP contribution in [-0.4, -0.2) is 210 Å². The number of rotatable bonds is 42. The summed E-state index contributed by atoms with van der Waals surface area (Å²) in [4.78, 5) is 176. The number of aliphatic hydroxyl groups is 1. The second-order valence-corrected chi connectivity index (χ2v) is 27.0. The molecule has 1 aliphatic rings. The number of pyridine rings is 2. The van der Waals surface area contributed by atoms with E-state index in [1.165, 1.54) is 67.8 Å². The number of aliphatic imine (C=N–C) groups is 2. The van der Waals surface area contributed by atoms with Gasteiger partial charge in [-0.2, -0.15) is 0 Å². The van der Waals surface area contributed by atoms with Crippen LogP contribution in [0.25, 0.3) is 10.8 Å². The average molecular weight is 1510 g/mol. The number of aliphatic hydroxyl groups excluding tert-OH is 1. The number of fused-ring (bicyclic) bond motifs is 1. The molecule has 11 amide bonds. The minimum atomic E-state index is -1.81. The summed E-state index contributed by atoms with van der Waals surface area (Å²) in [5.41, 5.74) is 7.47. The molecule has 0 aliphatic carbocycles. The highest BCUT2D eigenvalue weighted by molar-refractivity contribution is 5.99. The average Bonchev–Trinajstić information content (AvgIpc) is 1.81. The Hall–Kier alpha value is -11.2. The van der Waals surface area contributed by atoms with Gasteiger partial charge in [0.2, 0.25) is 65.0 Å². The van der Waals surface area contributed by atoms with Crippen molar-refractivity contribution in [2.75, 3.05) is 52.4 Å². The molecular formula is C77H108FN19O12. The minimum absolute atomic E-state index is 0.0116. The van der Waals surface area contributed by atoms with Crippen LogP contribution in [0.15, 0.2) is 126 Å². The number of amides is 11. The Balaban J connectivity index is 1.29. The highest BCUT2D eigenvalue weighted by atomic mass is 19.1. The summed E-state index contributed by atoms with van der Waals surface area (Å²) in [6.07, 6.45) is 6.33. The zero-order valence-electron chi connectivity index (χ0n) is 63.4. The summed E-state index contributed by atoms with van der Waals surface area (Å²) in [5, 5.41) is 49.8. The smallest absolute Gasteiger partial charge is 0.245 e. The Labute approximate surface area is 635 Å². The first-order valence-corrected chi connectivity index (χ1v) is 37.3. The molecule has 16 N–H and O–H groups in total. The van der Waals surface area contributed by atoms with Gasteiger partial charge in [-0.25, -0.2) is 4.39 Å². The van der Waals surface area contributed by atoms with Gasteiger partial charge in [0.25, 0.3) is 0 Å². The summed E-state index contributed by atoms with van der Waals surface area (Å²) in [7, 11) is 0. The van der Waals surface area contributed by atoms with E-state index in [-0.39, 0.29) is 89.8 Å². The van der Waals surface area contributed by atoms with E-state index in [9.17, 15) is 52.6 Å². The molecule has 0 unspecified atom stereocenters. The number of aromatic nitrogens is 2. The van der Waals surface area contributed by atoms with Crippen molar-refractivity contribution in [2.24, 2.45) is 21.6 Å². The maximum atomic E-state index is 15.1. The van der Waals surface area contributed by atoms with E-state index in [2.05, 4.69) is 89.1 Å². The zero-order valence-corrected chi connectivity index (χ0v) is 63.4. The molecule has 0 spiro atoms. The number of carbonyl (C=O) groups excluding carboxylic acids is 11. The molecule has 3 aromatic carbocycles. The second kappa shape index (κ2) is 45.5. The van der Waals surface area contributed by atoms with Crippen LogP contribution in [0.5, 0.6) is 0 Å². The number of benzene rings is 3. The quantitative estimate of drug-likeness (QED) is 0.0145. The molecule has 109 heavy (non-hydrogen) atoms. The van der Waals surface area contributed by atoms with Crippen LogP contribution in [0.2, 0.25) is 0 Å². The highest BCUT2D eigenvalue weighted by Gasteiger charge is 2.40. The summed E-state index contributed by atoms with van der Waals surface area (Å²) in [6, 6.07) is 11.2. The SMILES string of the molecule is CCNC(=NCCC[C@H](NC(=O)[C@H](CO)NC(=O)[C@@H](Cc1cccnc1)NC(=O)[C@@H](Cc1ccc(F)cc1)NC(=O)[C@@H](Cc1ccc2ccccc2c1)NC(C)=O)C(=O)N[C@H](Cc1cccnc1)C(=O)N[C@@H](CC(C)C)C(=O)N[C@@H](CCCN=C(NCC)NCC)C(=O)N1CCC[C@H]1C(=O)N[C@H](C)C(N)=O)NCC. The van der Waals surface area contributed by atoms with Gasteiger partial charge in [-0.1, -0.05) is 80.6 Å². The summed E-state index contributed by atoms with van der Waals surface area (Å²) < 4.78 is 14.3. The van der Waals surface area contributed by atoms with E-state index in [0.717, 1.165) is 10.8 Å². The van der Waals surface area contributed by atoms with Gasteiger partial charge in [0.05, 0.1) is 6.61 Å². The lowest BCUT2D eigenvalue weighted by Gasteiger charge is -2.31. The Morgan fingerprint density at radius 3 is 1.43 bits per heavy atom. The first-order valence-electron chi connectivity index (χ1n) is 37.3. The van der Waals surface area contributed by atoms with E-state index >= 15 is 9.59 Å². The number of carbonyl (C=O) groups is 11. The minimum Gasteiger partial charge on any atom is -0.394 e. The van der Waals surface area contributed by atoms with Crippen LogP contribution in [0.1, 0.15) is 123 Å². The van der Waals surface area contributed by atoms with Crippen molar-refractivity contribution in [3.8, 4) is 0 Å². The van der Waals surface area contributed by atoms with Crippen LogP contribution < -0.4 is 74.9 Å². The summed E-state index contributed by atoms with van der Waals surface area (Å²) in [5.74, 6) is -8.54. The monoisotopic (exact) mass is 1510 g/mol. The summed E-state index contributed by atoms with van der Waals surface area (Å²) in [6.45, 7) is 15.6. The number of halogens is 1. The van der Waals surface area contributed by atoms with Gasteiger partial charge in [-0.05, 0) is 143 Å². The molecule has 5 aromatic rings. The molecule has 31 nitrogen and oxygen atoms in total. The molecule has 3 heterocycles. The standard InChI is InChI=1S/C77H108FN19O12/c1-9-82-76(83-10-2)86-35-17-24-57(67(101)93-62(42-52-20-15-33-80-44-52)71(105)92-59(38-47(5)6)68(102)91-58(25-18-36-87-77(84-11-3)85-12-4)75(109)97-37-19-26-65(97)74(108)88-48(7)66(79)100)90-73(107)64(46-98)96-72(106)63(43-53-21-16-34-81-45-53)95-70(104)61(40-50-28-31-56(78)32-29-50)94-69(103)60(89-49(8)99)41-51-27-30-54-22-13-14-23-55(54)39-51/h13-16,20-23,27-34,39,44-45,47-48,57-65,98H,9-12,17-19,24-26,35-38,40-43,46H2,1-8H3,(H2,79,100)(H,88,108)(H,89,99)(H,90,107)(H,91,102)(H,92,105)(H,93,101)(H,94,103)(H,95,104)(H,96,106)(H2,82,83,86)(H2,84,85,87)/t48-,57+,58+,59+,60-,61-,62-,63-,64+,65+/m1/s1. The molecular weight excluding hydrogens is 1400 g/mol. The first kappa shape index (κ1) is 86.7. The molecule has 0 radical (unpaired) electrons. The molecule has 1 saturated heterocycles. The maximum absolute atomic E-state index is 15.1. The van der Waals surface area contributed by atoms with Crippen LogP contribution in [-0.2, 0) is 78.4 Å². The maximum Gasteiger partial charge on any atom is 0.245 e. The van der Waals surface area contributed by atoms with E-state index in [0.29, 0.717) is 66.8 Å². The van der Waals surface area contributed by atoms with Gasteiger partial charge in [-0.3, -0.25) is 72.7 Å². The fourth-order valence-electron chi connectivity index (χ4n) is 12.3. The van der Waals surface area contributed by atoms with E-state index in [4.69, 9.17) is 5.73 Å². The molecule has 1 aliphatic heterocycles. The van der Waals surface area contributed by atoms with Gasteiger partial charge >= 0.3 is 0 Å². The van der Waals surface area contributed by atoms with E-state index in [1.807, 2.05) is 84.0 Å². The number of hydrogen-bond donors (Lipinski definition) is 15. The Morgan fingerprint density at radius 2 is 0.945 bits per heavy atom. The Kier molecular flexibility index (Phi) is 36.2. The molecule has 1 fully saturated rings. The van der Waals surface area contributed by atoms with Crippen molar-refractivity contribution in [3.05, 3.63) is 144 Å². The number of primary amides is 1. The lowest BCUT2D eigenvalue weighted by atomic mass is 9.99. The van der Waals surface area contributed by atoms with Gasteiger partial charge in [0, 0.05) is 103 Å². The van der Waals surface area contributed by atoms with Gasteiger partial charge in [-0.15, -0.1) is 0 Å². The molecule has 6 rings (SSSR count). The Bertz CT molecular complexity index is 3880. The number of guanidine groups is 2. The molecule has 0 bridgehead atoms. The topological polar surface area (TPSA) is 444 Å². The van der Waals surface area contributed by atoms with Crippen molar-refractivity contribution >= 4 is 87.7 Å². The lowest BCUT2D eigenvalue weighted by Crippen LogP contribution is -2.61. The third-order valence-corrected chi connectivity index (χ3v) is 17.8. The van der Waals surface area contributed by atoms with Gasteiger partial charge in [0.15, 0.2) is 11.9 Å². The number of nitrogens with two attached hydrogens (primary N) is 1. The van der Waals surface area contributed by atoms with Crippen molar-refractivity contribution in [2.45, 2.75) is 186 Å². The fraction of sp³-hybridized carbons (Fsp3) is 0.494. The molecule has 10 atom stereocenters. The van der Waals surface area contributed by atoms with Crippen LogP contribution >= 0.6 is 0 Å². The van der Waals surface area contributed by atoms with Gasteiger partial charge in [0.1, 0.15) is 66.2 Å². The molecule has 590 valence electrons. The number of likely N-dealkylation sites (tertiary alicyclic amines) is 1. The van der Waals surface area contributed by atoms with E-state index < -0.39 is 138 Å². The van der Waals surface area contributed by atoms with E-state index in [1.54, 1.807) is 24.3 Å². The third-order valence-electron chi connectivity index (χ3n) is 17.8. The van der Waals surface area contributed by atoms with Crippen molar-refractivity contribution in [3.63, 3.8) is 0 Å². The Morgan fingerprint density at radius 1 is 0.514 bits per heavy atom. The first-order chi connectivity index (χ1) is 52.3. The molecule has 0 saturated carbocycles. The number of hydrogen-bond acceptors (Lipinski definition) is 16. The summed E-state index contributed by atoms with van der Waals surface area (Å²) >= 11 is 0. The predicted octanol–water partition coefficient (Wildman–Crippen LogP) is 0.668. The third kappa shape index (κ3) is 29.1. The van der Waals surface area contributed by atoms with Gasteiger partial charge < -0.3 is 84.9 Å². The van der Waals surface area contributed by atoms with Crippen LogP contribution in [0, 0.1) is 11.7 Å². The normalized spacial score (nSPS) is 14.9.